The lowest BCUT2D eigenvalue weighted by Gasteiger charge is -2.05. The number of hydrogen-bond donors (Lipinski definition) is 1. The van der Waals surface area contributed by atoms with Crippen LogP contribution in [0.25, 0.3) is 0 Å². The molecule has 14 heteroatoms. The first kappa shape index (κ1) is 42.9. The third-order valence-corrected chi connectivity index (χ3v) is 9.66. The fraction of sp³-hybridized carbons (Fsp3) is 0.114. The highest BCUT2D eigenvalue weighted by atomic mass is 127. The number of rotatable bonds is 8. The molecule has 0 radical (unpaired) electrons. The zero-order valence-corrected chi connectivity index (χ0v) is 31.7. The van der Waals surface area contributed by atoms with Gasteiger partial charge in [0.05, 0.1) is 0 Å². The van der Waals surface area contributed by atoms with E-state index in [-0.39, 0.29) is 22.3 Å². The van der Waals surface area contributed by atoms with Gasteiger partial charge >= 0.3 is 0 Å². The molecule has 1 nitrogen and oxygen atoms in total. The van der Waals surface area contributed by atoms with Crippen LogP contribution in [0.2, 0.25) is 0 Å². The summed E-state index contributed by atoms with van der Waals surface area (Å²) < 4.78 is 99.9. The molecular formula is C35H26F8I2OS3. The molecule has 0 aliphatic carbocycles. The SMILES string of the molecule is FC(F)c1cccc(I)c1.FC(F)c1cccc(S)c1.FC(F)c1cccc(SSc2cccc(C(F)F)c2)c1.O=Cc1cccc(I)c1. The number of halogens is 10. The van der Waals surface area contributed by atoms with Crippen LogP contribution < -0.4 is 0 Å². The minimum absolute atomic E-state index is 0.0208. The Balaban J connectivity index is 0.000000244. The van der Waals surface area contributed by atoms with Crippen molar-refractivity contribution in [3.8, 4) is 0 Å². The average molecular weight is 965 g/mol. The minimum Gasteiger partial charge on any atom is -0.298 e. The number of benzene rings is 5. The summed E-state index contributed by atoms with van der Waals surface area (Å²) in [6.45, 7) is 0. The summed E-state index contributed by atoms with van der Waals surface area (Å²) in [5, 5.41) is 0. The summed E-state index contributed by atoms with van der Waals surface area (Å²) in [4.78, 5) is 12.0. The van der Waals surface area contributed by atoms with Crippen LogP contribution in [-0.4, -0.2) is 6.29 Å². The second-order valence-corrected chi connectivity index (χ2v) is 14.6. The molecule has 5 rings (SSSR count). The maximum atomic E-state index is 12.6. The van der Waals surface area contributed by atoms with Gasteiger partial charge < -0.3 is 0 Å². The molecular weight excluding hydrogens is 938 g/mol. The van der Waals surface area contributed by atoms with Gasteiger partial charge in [0.2, 0.25) is 0 Å². The Kier molecular flexibility index (Phi) is 20.3. The molecule has 0 saturated heterocycles. The Morgan fingerprint density at radius 2 is 0.857 bits per heavy atom. The van der Waals surface area contributed by atoms with Crippen LogP contribution in [-0.2, 0) is 0 Å². The highest BCUT2D eigenvalue weighted by Crippen LogP contribution is 2.39. The normalized spacial score (nSPS) is 10.5. The molecule has 260 valence electrons. The fourth-order valence-corrected chi connectivity index (χ4v) is 6.78. The van der Waals surface area contributed by atoms with E-state index in [1.165, 1.54) is 70.1 Å². The number of hydrogen-bond acceptors (Lipinski definition) is 4. The first-order chi connectivity index (χ1) is 23.3. The van der Waals surface area contributed by atoms with Gasteiger partial charge in [0.1, 0.15) is 6.29 Å². The van der Waals surface area contributed by atoms with Gasteiger partial charge in [0.15, 0.2) is 0 Å². The molecule has 0 saturated carbocycles. The van der Waals surface area contributed by atoms with Crippen molar-refractivity contribution in [2.75, 3.05) is 0 Å². The molecule has 0 spiro atoms. The van der Waals surface area contributed by atoms with Gasteiger partial charge in [-0.3, -0.25) is 4.79 Å². The highest BCUT2D eigenvalue weighted by Gasteiger charge is 2.10. The van der Waals surface area contributed by atoms with E-state index in [2.05, 4.69) is 35.2 Å². The molecule has 5 aromatic rings. The number of carbonyl (C=O) groups excluding carboxylic acids is 1. The molecule has 0 heterocycles. The van der Waals surface area contributed by atoms with Crippen LogP contribution >= 0.6 is 79.4 Å². The van der Waals surface area contributed by atoms with E-state index in [1.54, 1.807) is 54.6 Å². The van der Waals surface area contributed by atoms with Crippen molar-refractivity contribution in [3.63, 3.8) is 0 Å². The maximum absolute atomic E-state index is 12.6. The monoisotopic (exact) mass is 964 g/mol. The van der Waals surface area contributed by atoms with Gasteiger partial charge in [-0.2, -0.15) is 0 Å². The van der Waals surface area contributed by atoms with Crippen molar-refractivity contribution in [3.05, 3.63) is 156 Å². The predicted octanol–water partition coefficient (Wildman–Crippen LogP) is 14.6. The van der Waals surface area contributed by atoms with Gasteiger partial charge in [-0.05, 0) is 106 Å². The van der Waals surface area contributed by atoms with Gasteiger partial charge in [-0.15, -0.1) is 12.6 Å². The molecule has 0 unspecified atom stereocenters. The molecule has 0 aromatic heterocycles. The minimum atomic E-state index is -2.51. The Hall–Kier alpha value is -2.28. The van der Waals surface area contributed by atoms with Crippen molar-refractivity contribution in [2.24, 2.45) is 0 Å². The van der Waals surface area contributed by atoms with Gasteiger partial charge in [-0.1, -0.05) is 82.3 Å². The van der Waals surface area contributed by atoms with Crippen molar-refractivity contribution in [2.45, 2.75) is 40.4 Å². The van der Waals surface area contributed by atoms with E-state index in [0.29, 0.717) is 14.7 Å². The van der Waals surface area contributed by atoms with E-state index in [0.717, 1.165) is 19.0 Å². The molecule has 0 N–H and O–H groups in total. The molecule has 0 bridgehead atoms. The Labute approximate surface area is 319 Å². The third-order valence-electron chi connectivity index (χ3n) is 5.66. The number of carbonyl (C=O) groups is 1. The van der Waals surface area contributed by atoms with Crippen LogP contribution in [0.5, 0.6) is 0 Å². The van der Waals surface area contributed by atoms with Crippen LogP contribution in [0.4, 0.5) is 35.1 Å². The zero-order chi connectivity index (χ0) is 36.3. The van der Waals surface area contributed by atoms with E-state index in [1.807, 2.05) is 40.8 Å². The first-order valence-corrected chi connectivity index (χ1v) is 18.5. The summed E-state index contributed by atoms with van der Waals surface area (Å²) in [5.41, 5.74) is 0.759. The maximum Gasteiger partial charge on any atom is 0.263 e. The molecule has 0 aliphatic heterocycles. The lowest BCUT2D eigenvalue weighted by atomic mass is 10.2. The van der Waals surface area contributed by atoms with Gasteiger partial charge in [-0.25, -0.2) is 35.1 Å². The van der Waals surface area contributed by atoms with Crippen molar-refractivity contribution < 1.29 is 39.9 Å². The van der Waals surface area contributed by atoms with Crippen molar-refractivity contribution in [1.82, 2.24) is 0 Å². The number of alkyl halides is 8. The van der Waals surface area contributed by atoms with Crippen LogP contribution in [0.15, 0.2) is 136 Å². The molecule has 0 fully saturated rings. The smallest absolute Gasteiger partial charge is 0.263 e. The van der Waals surface area contributed by atoms with Crippen molar-refractivity contribution in [1.29, 1.82) is 0 Å². The van der Waals surface area contributed by atoms with Gasteiger partial charge in [0, 0.05) is 49.6 Å². The molecule has 5 aromatic carbocycles. The Morgan fingerprint density at radius 3 is 1.18 bits per heavy atom. The number of aldehydes is 1. The zero-order valence-electron chi connectivity index (χ0n) is 24.9. The van der Waals surface area contributed by atoms with Crippen LogP contribution in [0.1, 0.15) is 58.3 Å². The fourth-order valence-electron chi connectivity index (χ4n) is 3.38. The van der Waals surface area contributed by atoms with Crippen molar-refractivity contribution >= 4 is 85.7 Å². The Morgan fingerprint density at radius 1 is 0.490 bits per heavy atom. The lowest BCUT2D eigenvalue weighted by Crippen LogP contribution is -1.84. The second-order valence-electron chi connectivity index (χ2n) is 9.34. The topological polar surface area (TPSA) is 17.1 Å². The Bertz CT molecular complexity index is 1630. The summed E-state index contributed by atoms with van der Waals surface area (Å²) >= 11 is 8.09. The van der Waals surface area contributed by atoms with E-state index < -0.39 is 25.7 Å². The van der Waals surface area contributed by atoms with E-state index in [9.17, 15) is 39.9 Å². The summed E-state index contributed by atoms with van der Waals surface area (Å²) in [5.74, 6) is 0. The van der Waals surface area contributed by atoms with Crippen LogP contribution in [0.3, 0.4) is 0 Å². The lowest BCUT2D eigenvalue weighted by molar-refractivity contribution is 0.112. The highest BCUT2D eigenvalue weighted by molar-refractivity contribution is 14.1. The molecule has 0 aliphatic rings. The van der Waals surface area contributed by atoms with Crippen LogP contribution in [0, 0.1) is 7.14 Å². The molecule has 0 amide bonds. The molecule has 0 atom stereocenters. The molecule has 49 heavy (non-hydrogen) atoms. The van der Waals surface area contributed by atoms with E-state index in [4.69, 9.17) is 0 Å². The summed E-state index contributed by atoms with van der Waals surface area (Å²) in [6, 6.07) is 31.8. The quantitative estimate of drug-likeness (QED) is 0.0549. The summed E-state index contributed by atoms with van der Waals surface area (Å²) in [6.07, 6.45) is -8.92. The average Bonchev–Trinajstić information content (AvgIpc) is 3.08. The third kappa shape index (κ3) is 17.5. The number of thiol groups is 1. The van der Waals surface area contributed by atoms with E-state index >= 15 is 0 Å². The van der Waals surface area contributed by atoms with Gasteiger partial charge in [0.25, 0.3) is 25.7 Å². The second kappa shape index (κ2) is 23.2. The largest absolute Gasteiger partial charge is 0.298 e. The predicted molar refractivity (Wildman–Crippen MR) is 202 cm³/mol. The first-order valence-electron chi connectivity index (χ1n) is 13.7. The summed E-state index contributed by atoms with van der Waals surface area (Å²) in [7, 11) is 2.53. The standard InChI is InChI=1S/C14H10F4S2.C7H5F2I.C7H6F2S.C7H5IO/c15-13(16)9-3-1-5-11(7-9)19-20-12-6-2-4-10(8-12)14(17)18;2*8-7(9)5-2-1-3-6(10)4-5;8-7-3-1-2-6(4-7)5-9/h1-8,13-14H;1-4,7H;1-4,7,10H;1-5H.